The molecule has 1 aliphatic carbocycles. The molecule has 0 amide bonds. The lowest BCUT2D eigenvalue weighted by atomic mass is 9.87. The number of fused-ring (bicyclic) bond motifs is 1. The number of pyridine rings is 1. The van der Waals surface area contributed by atoms with Crippen LogP contribution in [0.1, 0.15) is 18.9 Å². The third kappa shape index (κ3) is 3.66. The molecule has 6 rings (SSSR count). The highest BCUT2D eigenvalue weighted by atomic mass is 15.3. The second-order valence-corrected chi connectivity index (χ2v) is 9.31. The Hall–Kier alpha value is -3.32. The fourth-order valence-corrected chi connectivity index (χ4v) is 5.24. The third-order valence-electron chi connectivity index (χ3n) is 7.32. The number of benzene rings is 1. The molecule has 7 heteroatoms. The van der Waals surface area contributed by atoms with E-state index in [1.807, 2.05) is 17.9 Å². The number of nitrogens with one attached hydrogen (secondary N) is 1. The van der Waals surface area contributed by atoms with Crippen LogP contribution in [-0.2, 0) is 7.05 Å². The SMILES string of the molecule is CNC1CC(n2cc(-c3cnn(C)c3)c3ccc(N4CCN(c5ccccc5)CC4)nc32)C1. The van der Waals surface area contributed by atoms with Crippen LogP contribution in [0.5, 0.6) is 0 Å². The van der Waals surface area contributed by atoms with E-state index in [-0.39, 0.29) is 0 Å². The summed E-state index contributed by atoms with van der Waals surface area (Å²) in [5.74, 6) is 1.08. The predicted molar refractivity (Wildman–Crippen MR) is 134 cm³/mol. The minimum Gasteiger partial charge on any atom is -0.368 e. The van der Waals surface area contributed by atoms with Crippen LogP contribution >= 0.6 is 0 Å². The highest BCUT2D eigenvalue weighted by molar-refractivity contribution is 5.94. The highest BCUT2D eigenvalue weighted by Crippen LogP contribution is 2.39. The molecule has 0 radical (unpaired) electrons. The van der Waals surface area contributed by atoms with Gasteiger partial charge in [-0.15, -0.1) is 0 Å². The fourth-order valence-electron chi connectivity index (χ4n) is 5.24. The van der Waals surface area contributed by atoms with Gasteiger partial charge in [0.25, 0.3) is 0 Å². The van der Waals surface area contributed by atoms with Gasteiger partial charge in [-0.05, 0) is 44.2 Å². The molecule has 3 aromatic heterocycles. The summed E-state index contributed by atoms with van der Waals surface area (Å²) in [6.07, 6.45) is 8.63. The van der Waals surface area contributed by atoms with Crippen LogP contribution in [0.25, 0.3) is 22.2 Å². The van der Waals surface area contributed by atoms with E-state index in [2.05, 4.69) is 86.7 Å². The highest BCUT2D eigenvalue weighted by Gasteiger charge is 2.31. The Kier molecular flexibility index (Phi) is 5.06. The maximum atomic E-state index is 5.23. The lowest BCUT2D eigenvalue weighted by Gasteiger charge is -2.37. The maximum Gasteiger partial charge on any atom is 0.143 e. The molecule has 7 nitrogen and oxygen atoms in total. The quantitative estimate of drug-likeness (QED) is 0.512. The summed E-state index contributed by atoms with van der Waals surface area (Å²) in [6, 6.07) is 16.3. The van der Waals surface area contributed by atoms with Gasteiger partial charge in [-0.3, -0.25) is 4.68 Å². The van der Waals surface area contributed by atoms with Crippen molar-refractivity contribution in [2.45, 2.75) is 24.9 Å². The zero-order valence-electron chi connectivity index (χ0n) is 19.4. The lowest BCUT2D eigenvalue weighted by Crippen LogP contribution is -2.46. The second-order valence-electron chi connectivity index (χ2n) is 9.31. The van der Waals surface area contributed by atoms with Crippen molar-refractivity contribution in [3.63, 3.8) is 0 Å². The predicted octanol–water partition coefficient (Wildman–Crippen LogP) is 3.69. The van der Waals surface area contributed by atoms with Gasteiger partial charge in [-0.2, -0.15) is 5.10 Å². The van der Waals surface area contributed by atoms with E-state index in [1.165, 1.54) is 16.6 Å². The molecule has 0 bridgehead atoms. The number of piperazine rings is 1. The number of hydrogen-bond donors (Lipinski definition) is 1. The van der Waals surface area contributed by atoms with Gasteiger partial charge in [0.15, 0.2) is 0 Å². The third-order valence-corrected chi connectivity index (χ3v) is 7.32. The summed E-state index contributed by atoms with van der Waals surface area (Å²) in [5, 5.41) is 9.02. The van der Waals surface area contributed by atoms with E-state index >= 15 is 0 Å². The van der Waals surface area contributed by atoms with Crippen LogP contribution < -0.4 is 15.1 Å². The zero-order valence-corrected chi connectivity index (χ0v) is 19.4. The summed E-state index contributed by atoms with van der Waals surface area (Å²) >= 11 is 0. The van der Waals surface area contributed by atoms with Gasteiger partial charge in [0.2, 0.25) is 0 Å². The number of anilines is 2. The molecule has 170 valence electrons. The summed E-state index contributed by atoms with van der Waals surface area (Å²) in [7, 11) is 4.03. The first-order valence-corrected chi connectivity index (χ1v) is 11.9. The minimum atomic E-state index is 0.494. The van der Waals surface area contributed by atoms with Gasteiger partial charge < -0.3 is 19.7 Å². The fraction of sp³-hybridized carbons (Fsp3) is 0.385. The van der Waals surface area contributed by atoms with Crippen LogP contribution in [0.3, 0.4) is 0 Å². The first-order chi connectivity index (χ1) is 16.2. The van der Waals surface area contributed by atoms with Crippen molar-refractivity contribution in [2.75, 3.05) is 43.0 Å². The summed E-state index contributed by atoms with van der Waals surface area (Å²) in [6.45, 7) is 3.99. The topological polar surface area (TPSA) is 54.2 Å². The van der Waals surface area contributed by atoms with Crippen LogP contribution in [0.4, 0.5) is 11.5 Å². The number of hydrogen-bond acceptors (Lipinski definition) is 5. The molecule has 1 saturated heterocycles. The Bertz CT molecular complexity index is 1240. The molecule has 1 N–H and O–H groups in total. The van der Waals surface area contributed by atoms with Crippen molar-refractivity contribution in [3.8, 4) is 11.1 Å². The smallest absolute Gasteiger partial charge is 0.143 e. The van der Waals surface area contributed by atoms with Gasteiger partial charge in [0.05, 0.1) is 6.20 Å². The van der Waals surface area contributed by atoms with Gasteiger partial charge in [0, 0.05) is 79.9 Å². The van der Waals surface area contributed by atoms with Crippen molar-refractivity contribution in [1.29, 1.82) is 0 Å². The number of nitrogens with zero attached hydrogens (tertiary/aromatic N) is 6. The van der Waals surface area contributed by atoms with Gasteiger partial charge in [-0.1, -0.05) is 18.2 Å². The van der Waals surface area contributed by atoms with E-state index in [4.69, 9.17) is 4.98 Å². The Balaban J connectivity index is 1.31. The average molecular weight is 442 g/mol. The van der Waals surface area contributed by atoms with Gasteiger partial charge in [-0.25, -0.2) is 4.98 Å². The summed E-state index contributed by atoms with van der Waals surface area (Å²) in [4.78, 5) is 10.1. The van der Waals surface area contributed by atoms with E-state index in [9.17, 15) is 0 Å². The first-order valence-electron chi connectivity index (χ1n) is 11.9. The molecular weight excluding hydrogens is 410 g/mol. The molecule has 33 heavy (non-hydrogen) atoms. The van der Waals surface area contributed by atoms with Gasteiger partial charge >= 0.3 is 0 Å². The normalized spacial score (nSPS) is 20.9. The molecule has 2 aliphatic rings. The van der Waals surface area contributed by atoms with E-state index in [1.54, 1.807) is 0 Å². The van der Waals surface area contributed by atoms with Crippen molar-refractivity contribution in [2.24, 2.45) is 7.05 Å². The average Bonchev–Trinajstić information content (AvgIpc) is 3.42. The standard InChI is InChI=1S/C26H31N7/c1-27-20-14-22(15-20)33-18-24(19-16-28-30(2)17-19)23-8-9-25(29-26(23)33)32-12-10-31(11-13-32)21-6-4-3-5-7-21/h3-9,16-18,20,22,27H,10-15H2,1-2H3. The largest absolute Gasteiger partial charge is 0.368 e. The number of rotatable bonds is 5. The molecule has 2 fully saturated rings. The van der Waals surface area contributed by atoms with Crippen molar-refractivity contribution >= 4 is 22.5 Å². The Morgan fingerprint density at radius 3 is 2.36 bits per heavy atom. The molecule has 0 spiro atoms. The second kappa shape index (κ2) is 8.23. The Morgan fingerprint density at radius 1 is 0.909 bits per heavy atom. The summed E-state index contributed by atoms with van der Waals surface area (Å²) in [5.41, 5.74) is 4.77. The molecule has 1 saturated carbocycles. The molecular formula is C26H31N7. The number of aromatic nitrogens is 4. The summed E-state index contributed by atoms with van der Waals surface area (Å²) < 4.78 is 4.28. The van der Waals surface area contributed by atoms with Crippen molar-refractivity contribution < 1.29 is 0 Å². The maximum absolute atomic E-state index is 5.23. The molecule has 4 aromatic rings. The first kappa shape index (κ1) is 20.3. The Labute approximate surface area is 194 Å². The molecule has 0 atom stereocenters. The zero-order chi connectivity index (χ0) is 22.4. The number of aryl methyl sites for hydroxylation is 1. The molecule has 4 heterocycles. The van der Waals surface area contributed by atoms with Crippen LogP contribution in [0, 0.1) is 0 Å². The van der Waals surface area contributed by atoms with Crippen LogP contribution in [-0.4, -0.2) is 58.6 Å². The minimum absolute atomic E-state index is 0.494. The lowest BCUT2D eigenvalue weighted by molar-refractivity contribution is 0.240. The van der Waals surface area contributed by atoms with E-state index in [0.717, 1.165) is 56.0 Å². The van der Waals surface area contributed by atoms with Crippen LogP contribution in [0.15, 0.2) is 61.1 Å². The number of para-hydroxylation sites is 1. The monoisotopic (exact) mass is 441 g/mol. The molecule has 1 aliphatic heterocycles. The van der Waals surface area contributed by atoms with E-state index < -0.39 is 0 Å². The van der Waals surface area contributed by atoms with Gasteiger partial charge in [0.1, 0.15) is 11.5 Å². The van der Waals surface area contributed by atoms with Crippen LogP contribution in [0.2, 0.25) is 0 Å². The van der Waals surface area contributed by atoms with Crippen molar-refractivity contribution in [1.82, 2.24) is 24.6 Å². The molecule has 1 aromatic carbocycles. The van der Waals surface area contributed by atoms with Crippen molar-refractivity contribution in [3.05, 3.63) is 61.1 Å². The molecule has 0 unspecified atom stereocenters. The Morgan fingerprint density at radius 2 is 1.67 bits per heavy atom. The van der Waals surface area contributed by atoms with E-state index in [0.29, 0.717) is 12.1 Å².